The fourth-order valence-electron chi connectivity index (χ4n) is 3.39. The quantitative estimate of drug-likeness (QED) is 0.779. The largest absolute Gasteiger partial charge is 0.390 e. The Balaban J connectivity index is 1.59. The minimum atomic E-state index is -0.667. The van der Waals surface area contributed by atoms with E-state index >= 15 is 0 Å². The number of rotatable bonds is 5. The first-order valence-electron chi connectivity index (χ1n) is 9.09. The molecule has 0 unspecified atom stereocenters. The minimum absolute atomic E-state index is 0.0858. The number of benzene rings is 1. The molecule has 0 spiro atoms. The van der Waals surface area contributed by atoms with Crippen molar-refractivity contribution in [3.05, 3.63) is 52.4 Å². The molecule has 2 N–H and O–H groups in total. The van der Waals surface area contributed by atoms with E-state index in [2.05, 4.69) is 15.4 Å². The highest BCUT2D eigenvalue weighted by molar-refractivity contribution is 5.99. The molecule has 0 saturated carbocycles. The number of piperidine rings is 1. The molecule has 0 radical (unpaired) electrons. The van der Waals surface area contributed by atoms with Crippen LogP contribution in [-0.2, 0) is 6.54 Å². The number of β-amino-alcohol motifs (C(OH)–C–C–N with tert-alkyl or cyclic N) is 1. The molecule has 2 atom stereocenters. The smallest absolute Gasteiger partial charge is 0.251 e. The summed E-state index contributed by atoms with van der Waals surface area (Å²) < 4.78 is 5.19. The zero-order valence-corrected chi connectivity index (χ0v) is 15.9. The third-order valence-electron chi connectivity index (χ3n) is 5.08. The Morgan fingerprint density at radius 2 is 2.07 bits per heavy atom. The number of carbonyl (C=O) groups is 2. The van der Waals surface area contributed by atoms with Crippen LogP contribution < -0.4 is 5.32 Å². The van der Waals surface area contributed by atoms with Gasteiger partial charge in [-0.3, -0.25) is 14.5 Å². The van der Waals surface area contributed by atoms with Crippen LogP contribution in [-0.4, -0.2) is 52.1 Å². The second-order valence-corrected chi connectivity index (χ2v) is 7.11. The van der Waals surface area contributed by atoms with Gasteiger partial charge in [-0.2, -0.15) is 0 Å². The maximum Gasteiger partial charge on any atom is 0.251 e. The monoisotopic (exact) mass is 371 g/mol. The average Bonchev–Trinajstić information content (AvgIpc) is 2.96. The fourth-order valence-corrected chi connectivity index (χ4v) is 3.39. The summed E-state index contributed by atoms with van der Waals surface area (Å²) in [5, 5.41) is 17.4. The summed E-state index contributed by atoms with van der Waals surface area (Å²) in [5.41, 5.74) is 2.83. The van der Waals surface area contributed by atoms with Gasteiger partial charge in [-0.25, -0.2) is 0 Å². The van der Waals surface area contributed by atoms with Crippen LogP contribution >= 0.6 is 0 Å². The minimum Gasteiger partial charge on any atom is -0.390 e. The van der Waals surface area contributed by atoms with E-state index in [0.717, 1.165) is 23.6 Å². The number of aromatic nitrogens is 1. The maximum atomic E-state index is 12.5. The Morgan fingerprint density at radius 3 is 2.70 bits per heavy atom. The molecule has 1 aromatic carbocycles. The molecule has 27 heavy (non-hydrogen) atoms. The van der Waals surface area contributed by atoms with E-state index in [-0.39, 0.29) is 17.7 Å². The Bertz CT molecular complexity index is 826. The zero-order valence-electron chi connectivity index (χ0n) is 15.9. The number of likely N-dealkylation sites (tertiary alicyclic amines) is 1. The topological polar surface area (TPSA) is 95.7 Å². The third kappa shape index (κ3) is 4.43. The molecule has 0 bridgehead atoms. The van der Waals surface area contributed by atoms with Crippen molar-refractivity contribution in [1.82, 2.24) is 15.4 Å². The molecule has 3 rings (SSSR count). The third-order valence-corrected chi connectivity index (χ3v) is 5.08. The van der Waals surface area contributed by atoms with Crippen molar-refractivity contribution in [2.24, 2.45) is 0 Å². The Labute approximate surface area is 158 Å². The number of hydrogen-bond donors (Lipinski definition) is 2. The molecular formula is C20H25N3O4. The molecule has 2 aromatic rings. The van der Waals surface area contributed by atoms with E-state index in [4.69, 9.17) is 4.52 Å². The number of nitrogens with zero attached hydrogens (tertiary/aromatic N) is 2. The van der Waals surface area contributed by atoms with Crippen molar-refractivity contribution in [3.8, 4) is 0 Å². The van der Waals surface area contributed by atoms with Gasteiger partial charge in [-0.1, -0.05) is 17.3 Å². The Hall–Kier alpha value is -2.51. The highest BCUT2D eigenvalue weighted by Crippen LogP contribution is 2.19. The predicted molar refractivity (Wildman–Crippen MR) is 99.6 cm³/mol. The summed E-state index contributed by atoms with van der Waals surface area (Å²) in [4.78, 5) is 26.1. The van der Waals surface area contributed by atoms with Crippen molar-refractivity contribution in [2.75, 3.05) is 13.1 Å². The van der Waals surface area contributed by atoms with Gasteiger partial charge in [-0.05, 0) is 39.3 Å². The number of hydrogen-bond acceptors (Lipinski definition) is 6. The van der Waals surface area contributed by atoms with Crippen molar-refractivity contribution in [2.45, 2.75) is 45.9 Å². The molecule has 1 aliphatic rings. The molecule has 7 nitrogen and oxygen atoms in total. The van der Waals surface area contributed by atoms with Gasteiger partial charge in [0.1, 0.15) is 5.76 Å². The van der Waals surface area contributed by atoms with Gasteiger partial charge in [0.15, 0.2) is 5.78 Å². The molecule has 0 aliphatic carbocycles. The van der Waals surface area contributed by atoms with Crippen LogP contribution in [0.2, 0.25) is 0 Å². The lowest BCUT2D eigenvalue weighted by Crippen LogP contribution is -2.53. The standard InChI is InChI=1S/C20H25N3O4/c1-12-17(14(3)27-22-12)10-23-8-7-18(19(25)11-23)21-20(26)16-6-4-5-15(9-16)13(2)24/h4-6,9,18-19,25H,7-8,10-11H2,1-3H3,(H,21,26)/t18-,19-/m1/s1. The molecule has 7 heteroatoms. The number of carbonyl (C=O) groups excluding carboxylic acids is 2. The van der Waals surface area contributed by atoms with Crippen LogP contribution in [0.15, 0.2) is 28.8 Å². The lowest BCUT2D eigenvalue weighted by atomic mass is 10.00. The zero-order chi connectivity index (χ0) is 19.6. The average molecular weight is 371 g/mol. The Kier molecular flexibility index (Phi) is 5.72. The number of ketones is 1. The highest BCUT2D eigenvalue weighted by Gasteiger charge is 2.30. The van der Waals surface area contributed by atoms with Crippen LogP contribution in [0.3, 0.4) is 0 Å². The van der Waals surface area contributed by atoms with E-state index in [1.54, 1.807) is 24.3 Å². The van der Waals surface area contributed by atoms with Crippen molar-refractivity contribution >= 4 is 11.7 Å². The first-order chi connectivity index (χ1) is 12.8. The number of aryl methyl sites for hydroxylation is 2. The van der Waals surface area contributed by atoms with Gasteiger partial charge in [0.25, 0.3) is 5.91 Å². The lowest BCUT2D eigenvalue weighted by Gasteiger charge is -2.36. The van der Waals surface area contributed by atoms with Crippen molar-refractivity contribution in [1.29, 1.82) is 0 Å². The first kappa shape index (κ1) is 19.3. The maximum absolute atomic E-state index is 12.5. The first-order valence-corrected chi connectivity index (χ1v) is 9.09. The summed E-state index contributed by atoms with van der Waals surface area (Å²) in [5.74, 6) is 0.432. The van der Waals surface area contributed by atoms with Gasteiger partial charge >= 0.3 is 0 Å². The summed E-state index contributed by atoms with van der Waals surface area (Å²) in [6, 6.07) is 6.30. The van der Waals surface area contributed by atoms with Gasteiger partial charge in [0, 0.05) is 36.3 Å². The molecule has 144 valence electrons. The molecule has 1 fully saturated rings. The van der Waals surface area contributed by atoms with Gasteiger partial charge in [0.2, 0.25) is 0 Å². The second-order valence-electron chi connectivity index (χ2n) is 7.11. The van der Waals surface area contributed by atoms with Crippen LogP contribution in [0.5, 0.6) is 0 Å². The van der Waals surface area contributed by atoms with Crippen LogP contribution in [0.4, 0.5) is 0 Å². The summed E-state index contributed by atoms with van der Waals surface area (Å²) in [6.07, 6.45) is -0.0259. The molecular weight excluding hydrogens is 346 g/mol. The van der Waals surface area contributed by atoms with Gasteiger partial charge < -0.3 is 14.9 Å². The van der Waals surface area contributed by atoms with Gasteiger partial charge in [0.05, 0.1) is 17.8 Å². The van der Waals surface area contributed by atoms with E-state index < -0.39 is 6.10 Å². The molecule has 1 amide bonds. The molecule has 1 aliphatic heterocycles. The van der Waals surface area contributed by atoms with E-state index in [1.807, 2.05) is 13.8 Å². The highest BCUT2D eigenvalue weighted by atomic mass is 16.5. The van der Waals surface area contributed by atoms with E-state index in [1.165, 1.54) is 6.92 Å². The summed E-state index contributed by atoms with van der Waals surface area (Å²) in [6.45, 7) is 7.13. The van der Waals surface area contributed by atoms with Gasteiger partial charge in [-0.15, -0.1) is 0 Å². The van der Waals surface area contributed by atoms with Crippen LogP contribution in [0.25, 0.3) is 0 Å². The van der Waals surface area contributed by atoms with Crippen molar-refractivity contribution < 1.29 is 19.2 Å². The Morgan fingerprint density at radius 1 is 1.33 bits per heavy atom. The fraction of sp³-hybridized carbons (Fsp3) is 0.450. The molecule has 1 aromatic heterocycles. The summed E-state index contributed by atoms with van der Waals surface area (Å²) in [7, 11) is 0. The van der Waals surface area contributed by atoms with Crippen molar-refractivity contribution in [3.63, 3.8) is 0 Å². The lowest BCUT2D eigenvalue weighted by molar-refractivity contribution is 0.0347. The number of Topliss-reactive ketones (excluding diaryl/α,β-unsaturated/α-hetero) is 1. The van der Waals surface area contributed by atoms with Crippen LogP contribution in [0, 0.1) is 13.8 Å². The predicted octanol–water partition coefficient (Wildman–Crippen LogP) is 1.86. The number of amides is 1. The SMILES string of the molecule is CC(=O)c1cccc(C(=O)N[C@@H]2CCN(Cc3c(C)noc3C)C[C@H]2O)c1. The number of aliphatic hydroxyl groups is 1. The van der Waals surface area contributed by atoms with E-state index in [0.29, 0.717) is 30.6 Å². The molecule has 2 heterocycles. The number of aliphatic hydroxyl groups excluding tert-OH is 1. The molecule has 1 saturated heterocycles. The van der Waals surface area contributed by atoms with E-state index in [9.17, 15) is 14.7 Å². The number of nitrogens with one attached hydrogen (secondary N) is 1. The second kappa shape index (κ2) is 8.02. The summed E-state index contributed by atoms with van der Waals surface area (Å²) >= 11 is 0. The normalized spacial score (nSPS) is 20.4. The van der Waals surface area contributed by atoms with Crippen LogP contribution in [0.1, 0.15) is 51.1 Å².